The van der Waals surface area contributed by atoms with Gasteiger partial charge in [0.05, 0.1) is 16.9 Å². The number of hydrogen-bond donors (Lipinski definition) is 1. The summed E-state index contributed by atoms with van der Waals surface area (Å²) in [4.78, 5) is 81.5. The van der Waals surface area contributed by atoms with E-state index in [1.165, 1.54) is 18.3 Å². The molecular weight excluding hydrogens is 851 g/mol. The normalized spacial score (nSPS) is 20.1. The minimum absolute atomic E-state index is 0.104. The number of carbonyl (C=O) groups is 3. The zero-order chi connectivity index (χ0) is 46.5. The van der Waals surface area contributed by atoms with Gasteiger partial charge < -0.3 is 33.7 Å². The zero-order valence-corrected chi connectivity index (χ0v) is 37.0. The lowest BCUT2D eigenvalue weighted by Gasteiger charge is -2.27. The second kappa shape index (κ2) is 19.5. The quantitative estimate of drug-likeness (QED) is 0.0872. The predicted molar refractivity (Wildman–Crippen MR) is 220 cm³/mol. The van der Waals surface area contributed by atoms with E-state index in [9.17, 15) is 42.5 Å². The summed E-state index contributed by atoms with van der Waals surface area (Å²) in [7, 11) is -4.85. The van der Waals surface area contributed by atoms with Crippen molar-refractivity contribution in [3.63, 3.8) is 0 Å². The summed E-state index contributed by atoms with van der Waals surface area (Å²) >= 11 is 0. The van der Waals surface area contributed by atoms with Gasteiger partial charge in [-0.2, -0.15) is 0 Å². The van der Waals surface area contributed by atoms with Crippen LogP contribution in [-0.4, -0.2) is 93.9 Å². The summed E-state index contributed by atoms with van der Waals surface area (Å²) < 4.78 is 65.3. The monoisotopic (exact) mass is 903 g/mol. The molecule has 63 heavy (non-hydrogen) atoms. The van der Waals surface area contributed by atoms with Crippen LogP contribution in [0.1, 0.15) is 80.0 Å². The van der Waals surface area contributed by atoms with Crippen molar-refractivity contribution in [2.75, 3.05) is 13.2 Å². The Hall–Kier alpha value is -5.52. The molecule has 2 aliphatic rings. The molecule has 1 aromatic heterocycles. The zero-order valence-electron chi connectivity index (χ0n) is 36.2. The fraction of sp³-hybridized carbons (Fsp3) is 0.537. The van der Waals surface area contributed by atoms with Crippen molar-refractivity contribution in [3.8, 4) is 0 Å². The Morgan fingerprint density at radius 3 is 2.25 bits per heavy atom. The first kappa shape index (κ1) is 48.5. The van der Waals surface area contributed by atoms with Crippen LogP contribution in [-0.2, 0) is 66.2 Å². The number of nitrogens with one attached hydrogen (secondary N) is 1. The van der Waals surface area contributed by atoms with Crippen molar-refractivity contribution in [1.82, 2.24) is 18.9 Å². The van der Waals surface area contributed by atoms with Crippen molar-refractivity contribution < 1.29 is 61.0 Å². The lowest BCUT2D eigenvalue weighted by atomic mass is 9.98. The Morgan fingerprint density at radius 2 is 1.60 bits per heavy atom. The van der Waals surface area contributed by atoms with Crippen LogP contribution in [0.15, 0.2) is 81.3 Å². The average molecular weight is 904 g/mol. The SMILES string of the molecule is CC(C)(C)OC(=O)[C@H](CCCN(OC[C@H]1O[C@@H](n2ccc(=O)n(COC(=O)C(C)(C)C)c2=O)[C@@H]2OC(C)(C)O[C@@H]21)S(=O)(=O)c1ccccc1[N+](=O)[O-])NC(=O)OCc1ccccc1. The molecule has 2 saturated heterocycles. The van der Waals surface area contributed by atoms with Crippen LogP contribution in [0, 0.1) is 15.5 Å². The van der Waals surface area contributed by atoms with Gasteiger partial charge in [0.25, 0.3) is 21.3 Å². The second-order valence-corrected chi connectivity index (χ2v) is 19.0. The van der Waals surface area contributed by atoms with Crippen molar-refractivity contribution in [3.05, 3.63) is 103 Å². The molecule has 2 aromatic carbocycles. The van der Waals surface area contributed by atoms with Crippen LogP contribution in [0.4, 0.5) is 10.5 Å². The predicted octanol–water partition coefficient (Wildman–Crippen LogP) is 3.92. The third kappa shape index (κ3) is 12.4. The van der Waals surface area contributed by atoms with Crippen molar-refractivity contribution in [1.29, 1.82) is 0 Å². The molecule has 0 saturated carbocycles. The molecule has 2 aliphatic heterocycles. The van der Waals surface area contributed by atoms with E-state index in [-0.39, 0.29) is 19.4 Å². The third-order valence-electron chi connectivity index (χ3n) is 9.45. The lowest BCUT2D eigenvalue weighted by Crippen LogP contribution is -2.45. The van der Waals surface area contributed by atoms with Crippen molar-refractivity contribution in [2.24, 2.45) is 5.41 Å². The number of nitrogens with zero attached hydrogens (tertiary/aromatic N) is 4. The number of sulfonamides is 1. The van der Waals surface area contributed by atoms with Gasteiger partial charge in [-0.15, -0.1) is 0 Å². The van der Waals surface area contributed by atoms with E-state index < -0.39 is 122 Å². The van der Waals surface area contributed by atoms with E-state index in [4.69, 9.17) is 33.3 Å². The molecule has 5 atom stereocenters. The molecule has 3 aromatic rings. The summed E-state index contributed by atoms with van der Waals surface area (Å²) in [6.07, 6.45) is -4.59. The fourth-order valence-corrected chi connectivity index (χ4v) is 7.95. The molecule has 3 heterocycles. The number of carbonyl (C=O) groups excluding carboxylic acids is 3. The van der Waals surface area contributed by atoms with Gasteiger partial charge in [0.15, 0.2) is 23.6 Å². The van der Waals surface area contributed by atoms with E-state index in [2.05, 4.69) is 5.32 Å². The van der Waals surface area contributed by atoms with E-state index in [1.807, 2.05) is 0 Å². The van der Waals surface area contributed by atoms with Gasteiger partial charge in [-0.25, -0.2) is 27.4 Å². The summed E-state index contributed by atoms with van der Waals surface area (Å²) in [5.74, 6) is -2.73. The Morgan fingerprint density at radius 1 is 0.952 bits per heavy atom. The molecule has 0 radical (unpaired) electrons. The molecule has 0 spiro atoms. The average Bonchev–Trinajstić information content (AvgIpc) is 3.69. The lowest BCUT2D eigenvalue weighted by molar-refractivity contribution is -0.388. The van der Waals surface area contributed by atoms with E-state index in [1.54, 1.807) is 85.7 Å². The molecule has 0 aliphatic carbocycles. The maximum Gasteiger partial charge on any atom is 0.408 e. The number of hydroxylamine groups is 1. The molecule has 344 valence electrons. The number of rotatable bonds is 17. The molecule has 21 nitrogen and oxygen atoms in total. The Balaban J connectivity index is 1.40. The number of ether oxygens (including phenoxy) is 6. The second-order valence-electron chi connectivity index (χ2n) is 17.2. The van der Waals surface area contributed by atoms with E-state index in [0.717, 1.165) is 22.8 Å². The molecule has 1 amide bonds. The molecule has 0 bridgehead atoms. The van der Waals surface area contributed by atoms with Crippen LogP contribution in [0.2, 0.25) is 0 Å². The number of alkyl carbamates (subject to hydrolysis) is 1. The number of nitro groups is 1. The Kier molecular flexibility index (Phi) is 15.0. The van der Waals surface area contributed by atoms with Gasteiger partial charge in [0, 0.05) is 24.9 Å². The highest BCUT2D eigenvalue weighted by molar-refractivity contribution is 7.89. The first-order valence-electron chi connectivity index (χ1n) is 20.0. The highest BCUT2D eigenvalue weighted by Gasteiger charge is 2.56. The summed E-state index contributed by atoms with van der Waals surface area (Å²) in [5.41, 5.74) is -3.62. The van der Waals surface area contributed by atoms with Gasteiger partial charge in [0.1, 0.15) is 36.6 Å². The molecule has 5 rings (SSSR count). The van der Waals surface area contributed by atoms with Crippen LogP contribution in [0.5, 0.6) is 0 Å². The Bertz CT molecular complexity index is 2370. The van der Waals surface area contributed by atoms with Crippen LogP contribution in [0.3, 0.4) is 0 Å². The smallest absolute Gasteiger partial charge is 0.408 e. The maximum atomic E-state index is 14.3. The van der Waals surface area contributed by atoms with Gasteiger partial charge in [-0.05, 0) is 79.9 Å². The third-order valence-corrected chi connectivity index (χ3v) is 11.2. The highest BCUT2D eigenvalue weighted by Crippen LogP contribution is 2.43. The molecule has 22 heteroatoms. The molecule has 2 fully saturated rings. The number of para-hydroxylation sites is 1. The van der Waals surface area contributed by atoms with Gasteiger partial charge in [0.2, 0.25) is 0 Å². The number of aromatic nitrogens is 2. The molecule has 1 N–H and O–H groups in total. The summed E-state index contributed by atoms with van der Waals surface area (Å²) in [6, 6.07) is 13.2. The van der Waals surface area contributed by atoms with Gasteiger partial charge >= 0.3 is 23.7 Å². The minimum atomic E-state index is -4.85. The maximum absolute atomic E-state index is 14.3. The van der Waals surface area contributed by atoms with Gasteiger partial charge in [-0.1, -0.05) is 46.9 Å². The standard InChI is InChI=1S/C41H53N5O16S/c1-39(2,3)36(49)57-25-44-31(47)20-22-43(38(44)51)34-33-32(60-41(7,8)61-33)29(59-34)24-58-45(63(54,55)30-19-13-12-18-28(30)46(52)53)21-14-17-27(35(48)62-40(4,5)6)42-37(50)56-23-26-15-10-9-11-16-26/h9-13,15-16,18-20,22,27,29,32-34H,14,17,21,23-25H2,1-8H3,(H,42,50)/t27-,29+,32+,33+,34+/m0/s1. The fourth-order valence-electron chi connectivity index (χ4n) is 6.50. The number of hydrogen-bond acceptors (Lipinski definition) is 16. The molecule has 0 unspecified atom stereocenters. The number of amides is 1. The number of esters is 2. The van der Waals surface area contributed by atoms with Crippen LogP contribution in [0.25, 0.3) is 0 Å². The molecular formula is C41H53N5O16S. The Labute approximate surface area is 363 Å². The number of benzene rings is 2. The van der Waals surface area contributed by atoms with Gasteiger partial charge in [-0.3, -0.25) is 29.1 Å². The van der Waals surface area contributed by atoms with Crippen molar-refractivity contribution >= 4 is 33.7 Å². The summed E-state index contributed by atoms with van der Waals surface area (Å²) in [6.45, 7) is 11.0. The largest absolute Gasteiger partial charge is 0.458 e. The minimum Gasteiger partial charge on any atom is -0.458 e. The first-order valence-corrected chi connectivity index (χ1v) is 21.4. The highest BCUT2D eigenvalue weighted by atomic mass is 32.2. The number of fused-ring (bicyclic) bond motifs is 1. The number of nitro benzene ring substituents is 1. The first-order chi connectivity index (χ1) is 29.4. The van der Waals surface area contributed by atoms with Crippen molar-refractivity contribution in [2.45, 2.75) is 128 Å². The van der Waals surface area contributed by atoms with Crippen LogP contribution >= 0.6 is 0 Å². The van der Waals surface area contributed by atoms with Crippen LogP contribution < -0.4 is 16.6 Å². The van der Waals surface area contributed by atoms with E-state index in [0.29, 0.717) is 14.6 Å². The van der Waals surface area contributed by atoms with E-state index >= 15 is 0 Å². The summed E-state index contributed by atoms with van der Waals surface area (Å²) in [5, 5.41) is 14.5. The topological polar surface area (TPSA) is 252 Å².